The number of methoxy groups -OCH3 is 1. The normalized spacial score (nSPS) is 13.8. The Morgan fingerprint density at radius 2 is 1.62 bits per heavy atom. The number of para-hydroxylation sites is 2. The van der Waals surface area contributed by atoms with Crippen molar-refractivity contribution < 1.29 is 13.9 Å². The van der Waals surface area contributed by atoms with Crippen LogP contribution in [0.5, 0.6) is 5.75 Å². The molecule has 0 bridgehead atoms. The first-order valence-electron chi connectivity index (χ1n) is 13.1. The molecule has 0 atom stereocenters. The van der Waals surface area contributed by atoms with E-state index in [1.807, 2.05) is 47.4 Å². The summed E-state index contributed by atoms with van der Waals surface area (Å²) in [6.45, 7) is 2.39. The largest absolute Gasteiger partial charge is 0.495 e. The van der Waals surface area contributed by atoms with Crippen molar-refractivity contribution in [2.75, 3.05) is 38.2 Å². The fourth-order valence-electron chi connectivity index (χ4n) is 5.12. The van der Waals surface area contributed by atoms with Gasteiger partial charge in [-0.25, -0.2) is 14.4 Å². The van der Waals surface area contributed by atoms with Gasteiger partial charge in [0.15, 0.2) is 5.65 Å². The molecular formula is C32H28FN5O2. The molecule has 6 rings (SSSR count). The zero-order valence-electron chi connectivity index (χ0n) is 22.1. The smallest absolute Gasteiger partial charge is 0.246 e. The topological polar surface area (TPSA) is 63.5 Å². The van der Waals surface area contributed by atoms with E-state index in [0.29, 0.717) is 26.2 Å². The Balaban J connectivity index is 1.31. The Labute approximate surface area is 231 Å². The number of rotatable bonds is 6. The molecule has 40 heavy (non-hydrogen) atoms. The van der Waals surface area contributed by atoms with Gasteiger partial charge in [0.2, 0.25) is 5.91 Å². The maximum absolute atomic E-state index is 13.2. The molecule has 0 radical (unpaired) electrons. The summed E-state index contributed by atoms with van der Waals surface area (Å²) in [4.78, 5) is 26.4. The third-order valence-electron chi connectivity index (χ3n) is 7.17. The Morgan fingerprint density at radius 1 is 0.900 bits per heavy atom. The Hall–Kier alpha value is -4.98. The number of anilines is 1. The van der Waals surface area contributed by atoms with Crippen molar-refractivity contribution in [1.29, 1.82) is 0 Å². The lowest BCUT2D eigenvalue weighted by atomic mass is 10.1. The molecule has 1 aliphatic heterocycles. The van der Waals surface area contributed by atoms with E-state index in [4.69, 9.17) is 14.7 Å². The highest BCUT2D eigenvalue weighted by molar-refractivity contribution is 6.02. The Morgan fingerprint density at radius 3 is 2.38 bits per heavy atom. The quantitative estimate of drug-likeness (QED) is 0.266. The van der Waals surface area contributed by atoms with Gasteiger partial charge in [-0.3, -0.25) is 9.36 Å². The molecule has 5 aromatic rings. The molecule has 1 amide bonds. The lowest BCUT2D eigenvalue weighted by molar-refractivity contribution is -0.126. The van der Waals surface area contributed by atoms with Gasteiger partial charge in [0.05, 0.1) is 18.2 Å². The summed E-state index contributed by atoms with van der Waals surface area (Å²) in [6.07, 6.45) is 6.96. The molecule has 1 saturated heterocycles. The Bertz CT molecular complexity index is 1670. The molecule has 3 heterocycles. The molecule has 0 spiro atoms. The summed E-state index contributed by atoms with van der Waals surface area (Å²) >= 11 is 0. The second-order valence-corrected chi connectivity index (χ2v) is 9.54. The zero-order chi connectivity index (χ0) is 27.5. The molecule has 1 fully saturated rings. The number of hydrogen-bond donors (Lipinski definition) is 0. The van der Waals surface area contributed by atoms with Crippen LogP contribution in [0.25, 0.3) is 33.9 Å². The summed E-state index contributed by atoms with van der Waals surface area (Å²) in [5, 5.41) is 0.954. The number of aromatic nitrogens is 3. The van der Waals surface area contributed by atoms with Crippen LogP contribution in [-0.4, -0.2) is 58.6 Å². The number of halogens is 1. The minimum absolute atomic E-state index is 0.0656. The number of hydrogen-bond acceptors (Lipinski definition) is 5. The molecular weight excluding hydrogens is 505 g/mol. The van der Waals surface area contributed by atoms with E-state index in [1.54, 1.807) is 37.7 Å². The molecule has 8 heteroatoms. The molecule has 2 aromatic heterocycles. The number of carbonyl (C=O) groups is 1. The highest BCUT2D eigenvalue weighted by atomic mass is 19.1. The summed E-state index contributed by atoms with van der Waals surface area (Å²) in [5.41, 5.74) is 4.55. The van der Waals surface area contributed by atoms with Crippen LogP contribution >= 0.6 is 0 Å². The van der Waals surface area contributed by atoms with Gasteiger partial charge in [0.1, 0.15) is 23.7 Å². The summed E-state index contributed by atoms with van der Waals surface area (Å²) in [7, 11) is 1.67. The van der Waals surface area contributed by atoms with Gasteiger partial charge in [-0.15, -0.1) is 0 Å². The van der Waals surface area contributed by atoms with E-state index >= 15 is 0 Å². The van der Waals surface area contributed by atoms with Crippen molar-refractivity contribution in [2.45, 2.75) is 0 Å². The predicted molar refractivity (Wildman–Crippen MR) is 155 cm³/mol. The predicted octanol–water partition coefficient (Wildman–Crippen LogP) is 5.60. The fourth-order valence-corrected chi connectivity index (χ4v) is 5.12. The first-order valence-corrected chi connectivity index (χ1v) is 13.1. The Kier molecular flexibility index (Phi) is 6.97. The number of piperazine rings is 1. The van der Waals surface area contributed by atoms with Gasteiger partial charge >= 0.3 is 0 Å². The van der Waals surface area contributed by atoms with Gasteiger partial charge in [-0.05, 0) is 41.5 Å². The second-order valence-electron chi connectivity index (χ2n) is 9.54. The van der Waals surface area contributed by atoms with E-state index in [-0.39, 0.29) is 11.7 Å². The van der Waals surface area contributed by atoms with Crippen LogP contribution in [0, 0.1) is 5.82 Å². The standard InChI is InChI=1S/C32H28FN5O2/c1-40-28-10-6-5-9-27(28)38-21-26(24-7-3-2-4-8-24)30-31(34-22-35-32(30)38)37-19-17-36(18-20-37)29(39)16-13-23-11-14-25(33)15-12-23/h2-16,21-22H,17-20H2,1H3/b16-13+. The van der Waals surface area contributed by atoms with Crippen molar-refractivity contribution in [1.82, 2.24) is 19.4 Å². The van der Waals surface area contributed by atoms with E-state index < -0.39 is 0 Å². The molecule has 200 valence electrons. The SMILES string of the molecule is COc1ccccc1-n1cc(-c2ccccc2)c2c(N3CCN(C(=O)/C=C/c4ccc(F)cc4)CC3)ncnc21. The lowest BCUT2D eigenvalue weighted by Gasteiger charge is -2.35. The molecule has 0 N–H and O–H groups in total. The van der Waals surface area contributed by atoms with Crippen LogP contribution in [0.2, 0.25) is 0 Å². The van der Waals surface area contributed by atoms with Gasteiger partial charge in [0.25, 0.3) is 0 Å². The average Bonchev–Trinajstić information content (AvgIpc) is 3.41. The van der Waals surface area contributed by atoms with Crippen LogP contribution in [0.4, 0.5) is 10.2 Å². The summed E-state index contributed by atoms with van der Waals surface area (Å²) in [5.74, 6) is 1.22. The maximum Gasteiger partial charge on any atom is 0.246 e. The van der Waals surface area contributed by atoms with Gasteiger partial charge in [-0.2, -0.15) is 0 Å². The second kappa shape index (κ2) is 11.0. The van der Waals surface area contributed by atoms with Crippen molar-refractivity contribution in [3.63, 3.8) is 0 Å². The van der Waals surface area contributed by atoms with E-state index in [2.05, 4.69) is 27.8 Å². The minimum Gasteiger partial charge on any atom is -0.495 e. The molecule has 1 aliphatic rings. The number of amides is 1. The highest BCUT2D eigenvalue weighted by Crippen LogP contribution is 2.38. The summed E-state index contributed by atoms with van der Waals surface area (Å²) < 4.78 is 20.9. The lowest BCUT2D eigenvalue weighted by Crippen LogP contribution is -2.48. The number of fused-ring (bicyclic) bond motifs is 1. The fraction of sp³-hybridized carbons (Fsp3) is 0.156. The molecule has 0 unspecified atom stereocenters. The van der Waals surface area contributed by atoms with Crippen molar-refractivity contribution in [3.8, 4) is 22.6 Å². The first kappa shape index (κ1) is 25.3. The van der Waals surface area contributed by atoms with Crippen LogP contribution in [-0.2, 0) is 4.79 Å². The molecule has 0 aliphatic carbocycles. The zero-order valence-corrected chi connectivity index (χ0v) is 22.1. The minimum atomic E-state index is -0.299. The first-order chi connectivity index (χ1) is 19.6. The third-order valence-corrected chi connectivity index (χ3v) is 7.17. The highest BCUT2D eigenvalue weighted by Gasteiger charge is 2.25. The number of ether oxygens (including phenoxy) is 1. The number of carbonyl (C=O) groups excluding carboxylic acids is 1. The summed E-state index contributed by atoms with van der Waals surface area (Å²) in [6, 6.07) is 24.2. The van der Waals surface area contributed by atoms with E-state index in [9.17, 15) is 9.18 Å². The van der Waals surface area contributed by atoms with E-state index in [0.717, 1.165) is 45.0 Å². The van der Waals surface area contributed by atoms with Gasteiger partial charge < -0.3 is 14.5 Å². The van der Waals surface area contributed by atoms with Crippen molar-refractivity contribution in [3.05, 3.63) is 109 Å². The monoisotopic (exact) mass is 533 g/mol. The molecule has 3 aromatic carbocycles. The van der Waals surface area contributed by atoms with Crippen molar-refractivity contribution in [2.24, 2.45) is 0 Å². The van der Waals surface area contributed by atoms with Crippen molar-refractivity contribution >= 4 is 28.8 Å². The van der Waals surface area contributed by atoms with Crippen LogP contribution in [0.1, 0.15) is 5.56 Å². The number of nitrogens with zero attached hydrogens (tertiary/aromatic N) is 5. The van der Waals surface area contributed by atoms with Crippen LogP contribution < -0.4 is 9.64 Å². The maximum atomic E-state index is 13.2. The number of benzene rings is 3. The van der Waals surface area contributed by atoms with E-state index in [1.165, 1.54) is 12.1 Å². The van der Waals surface area contributed by atoms with Crippen LogP contribution in [0.3, 0.4) is 0 Å². The average molecular weight is 534 g/mol. The van der Waals surface area contributed by atoms with Gasteiger partial charge in [-0.1, -0.05) is 54.6 Å². The molecule has 0 saturated carbocycles. The van der Waals surface area contributed by atoms with Gasteiger partial charge in [0, 0.05) is 44.0 Å². The third kappa shape index (κ3) is 4.91. The molecule has 7 nitrogen and oxygen atoms in total. The van der Waals surface area contributed by atoms with Crippen LogP contribution in [0.15, 0.2) is 97.5 Å².